The Labute approximate surface area is 123 Å². The average molecular weight is 289 g/mol. The lowest BCUT2D eigenvalue weighted by Gasteiger charge is -2.36. The first-order chi connectivity index (χ1) is 10.3. The summed E-state index contributed by atoms with van der Waals surface area (Å²) < 4.78 is 4.87. The van der Waals surface area contributed by atoms with Crippen LogP contribution in [0.2, 0.25) is 0 Å². The number of pyridine rings is 1. The van der Waals surface area contributed by atoms with Crippen LogP contribution in [0.15, 0.2) is 24.4 Å². The summed E-state index contributed by atoms with van der Waals surface area (Å²) in [6.45, 7) is 1.69. The number of carbonyl (C=O) groups excluding carboxylic acids is 2. The van der Waals surface area contributed by atoms with Crippen molar-refractivity contribution < 1.29 is 14.3 Å². The normalized spacial score (nSPS) is 22.3. The van der Waals surface area contributed by atoms with Gasteiger partial charge in [-0.15, -0.1) is 0 Å². The van der Waals surface area contributed by atoms with Gasteiger partial charge in [0.25, 0.3) is 0 Å². The van der Waals surface area contributed by atoms with Crippen molar-refractivity contribution in [2.24, 2.45) is 0 Å². The molecule has 0 radical (unpaired) electrons. The van der Waals surface area contributed by atoms with Crippen LogP contribution in [0.3, 0.4) is 0 Å². The minimum absolute atomic E-state index is 0.0195. The van der Waals surface area contributed by atoms with Crippen LogP contribution < -0.4 is 0 Å². The van der Waals surface area contributed by atoms with E-state index in [1.165, 1.54) is 4.90 Å². The largest absolute Gasteiger partial charge is 0.448 e. The Balaban J connectivity index is 1.71. The second kappa shape index (κ2) is 6.11. The van der Waals surface area contributed by atoms with Gasteiger partial charge < -0.3 is 9.64 Å². The van der Waals surface area contributed by atoms with Gasteiger partial charge in [-0.2, -0.15) is 0 Å². The number of rotatable bonds is 3. The second-order valence-corrected chi connectivity index (χ2v) is 5.39. The Kier molecular flexibility index (Phi) is 4.03. The SMILES string of the molecule is O=C1OCCN1CC(=O)N1CCCC[C@@H]1c1ccccn1. The van der Waals surface area contributed by atoms with Crippen molar-refractivity contribution >= 4 is 12.0 Å². The highest BCUT2D eigenvalue weighted by atomic mass is 16.6. The lowest BCUT2D eigenvalue weighted by molar-refractivity contribution is -0.135. The highest BCUT2D eigenvalue weighted by Crippen LogP contribution is 2.29. The highest BCUT2D eigenvalue weighted by molar-refractivity contribution is 5.83. The van der Waals surface area contributed by atoms with Crippen LogP contribution in [0.25, 0.3) is 0 Å². The molecule has 0 saturated carbocycles. The molecule has 2 fully saturated rings. The summed E-state index contributed by atoms with van der Waals surface area (Å²) in [5.41, 5.74) is 0.926. The zero-order chi connectivity index (χ0) is 14.7. The predicted molar refractivity (Wildman–Crippen MR) is 75.5 cm³/mol. The molecule has 3 heterocycles. The topological polar surface area (TPSA) is 62.7 Å². The quantitative estimate of drug-likeness (QED) is 0.847. The molecule has 2 saturated heterocycles. The number of cyclic esters (lactones) is 1. The number of hydrogen-bond donors (Lipinski definition) is 0. The highest BCUT2D eigenvalue weighted by Gasteiger charge is 2.32. The summed E-state index contributed by atoms with van der Waals surface area (Å²) in [6.07, 6.45) is 4.38. The van der Waals surface area contributed by atoms with Crippen LogP contribution in [-0.4, -0.2) is 53.0 Å². The molecular formula is C15H19N3O3. The van der Waals surface area contributed by atoms with Gasteiger partial charge in [-0.1, -0.05) is 6.07 Å². The first-order valence-electron chi connectivity index (χ1n) is 7.38. The van der Waals surface area contributed by atoms with Crippen LogP contribution in [0, 0.1) is 0 Å². The summed E-state index contributed by atoms with van der Waals surface area (Å²) in [5.74, 6) is -0.0239. The zero-order valence-electron chi connectivity index (χ0n) is 11.9. The number of nitrogens with zero attached hydrogens (tertiary/aromatic N) is 3. The summed E-state index contributed by atoms with van der Waals surface area (Å²) in [6, 6.07) is 5.79. The molecule has 112 valence electrons. The number of piperidine rings is 1. The van der Waals surface area contributed by atoms with E-state index in [9.17, 15) is 9.59 Å². The van der Waals surface area contributed by atoms with Crippen LogP contribution in [0.5, 0.6) is 0 Å². The van der Waals surface area contributed by atoms with Crippen LogP contribution in [-0.2, 0) is 9.53 Å². The summed E-state index contributed by atoms with van der Waals surface area (Å²) in [4.78, 5) is 31.7. The van der Waals surface area contributed by atoms with E-state index in [2.05, 4.69) is 4.98 Å². The zero-order valence-corrected chi connectivity index (χ0v) is 11.9. The number of hydrogen-bond acceptors (Lipinski definition) is 4. The van der Waals surface area contributed by atoms with E-state index < -0.39 is 6.09 Å². The van der Waals surface area contributed by atoms with Crippen molar-refractivity contribution in [1.82, 2.24) is 14.8 Å². The molecule has 0 aliphatic carbocycles. The summed E-state index contributed by atoms with van der Waals surface area (Å²) >= 11 is 0. The molecule has 2 aliphatic rings. The number of carbonyl (C=O) groups is 2. The Morgan fingerprint density at radius 3 is 2.95 bits per heavy atom. The Morgan fingerprint density at radius 1 is 1.33 bits per heavy atom. The molecule has 6 heteroatoms. The summed E-state index contributed by atoms with van der Waals surface area (Å²) in [5, 5.41) is 0. The second-order valence-electron chi connectivity index (χ2n) is 5.39. The molecule has 1 atom stereocenters. The van der Waals surface area contributed by atoms with E-state index in [4.69, 9.17) is 4.74 Å². The van der Waals surface area contributed by atoms with E-state index in [1.54, 1.807) is 6.20 Å². The van der Waals surface area contributed by atoms with Gasteiger partial charge >= 0.3 is 6.09 Å². The Hall–Kier alpha value is -2.11. The summed E-state index contributed by atoms with van der Waals surface area (Å²) in [7, 11) is 0. The van der Waals surface area contributed by atoms with E-state index in [1.807, 2.05) is 23.1 Å². The Morgan fingerprint density at radius 2 is 2.24 bits per heavy atom. The number of amides is 2. The van der Waals surface area contributed by atoms with Gasteiger partial charge in [0.05, 0.1) is 18.3 Å². The molecule has 0 bridgehead atoms. The van der Waals surface area contributed by atoms with E-state index >= 15 is 0 Å². The molecule has 21 heavy (non-hydrogen) atoms. The van der Waals surface area contributed by atoms with Gasteiger partial charge in [0, 0.05) is 12.7 Å². The fraction of sp³-hybridized carbons (Fsp3) is 0.533. The number of likely N-dealkylation sites (tertiary alicyclic amines) is 1. The van der Waals surface area contributed by atoms with E-state index in [0.717, 1.165) is 31.5 Å². The van der Waals surface area contributed by atoms with Gasteiger partial charge in [-0.25, -0.2) is 4.79 Å². The average Bonchev–Trinajstić information content (AvgIpc) is 2.93. The predicted octanol–water partition coefficient (Wildman–Crippen LogP) is 1.59. The van der Waals surface area contributed by atoms with Crippen molar-refractivity contribution in [3.8, 4) is 0 Å². The van der Waals surface area contributed by atoms with Crippen molar-refractivity contribution in [2.45, 2.75) is 25.3 Å². The van der Waals surface area contributed by atoms with Crippen molar-refractivity contribution in [2.75, 3.05) is 26.2 Å². The number of ether oxygens (including phenoxy) is 1. The minimum atomic E-state index is -0.394. The fourth-order valence-electron chi connectivity index (χ4n) is 2.93. The molecule has 1 aromatic rings. The van der Waals surface area contributed by atoms with Crippen molar-refractivity contribution in [1.29, 1.82) is 0 Å². The third-order valence-corrected chi connectivity index (χ3v) is 4.02. The molecule has 6 nitrogen and oxygen atoms in total. The molecule has 2 aliphatic heterocycles. The maximum atomic E-state index is 12.5. The monoisotopic (exact) mass is 289 g/mol. The number of aromatic nitrogens is 1. The maximum absolute atomic E-state index is 12.5. The first kappa shape index (κ1) is 13.9. The molecule has 2 amide bonds. The molecule has 1 aromatic heterocycles. The maximum Gasteiger partial charge on any atom is 0.410 e. The fourth-order valence-corrected chi connectivity index (χ4v) is 2.93. The minimum Gasteiger partial charge on any atom is -0.448 e. The van der Waals surface area contributed by atoms with E-state index in [0.29, 0.717) is 13.2 Å². The van der Waals surface area contributed by atoms with Crippen LogP contribution in [0.1, 0.15) is 31.0 Å². The van der Waals surface area contributed by atoms with Gasteiger partial charge in [-0.3, -0.25) is 14.7 Å². The Bertz CT molecular complexity index is 520. The lowest BCUT2D eigenvalue weighted by Crippen LogP contribution is -2.44. The van der Waals surface area contributed by atoms with Crippen molar-refractivity contribution in [3.63, 3.8) is 0 Å². The van der Waals surface area contributed by atoms with Crippen molar-refractivity contribution in [3.05, 3.63) is 30.1 Å². The smallest absolute Gasteiger partial charge is 0.410 e. The molecule has 0 spiro atoms. The molecule has 0 N–H and O–H groups in total. The molecule has 0 aromatic carbocycles. The molecular weight excluding hydrogens is 270 g/mol. The van der Waals surface area contributed by atoms with Crippen LogP contribution >= 0.6 is 0 Å². The third-order valence-electron chi connectivity index (χ3n) is 4.02. The standard InChI is InChI=1S/C15H19N3O3/c19-14(11-17-9-10-21-15(17)20)18-8-4-2-6-13(18)12-5-1-3-7-16-12/h1,3,5,7,13H,2,4,6,8-11H2/t13-/m1/s1. The lowest BCUT2D eigenvalue weighted by atomic mass is 9.98. The van der Waals surface area contributed by atoms with Crippen LogP contribution in [0.4, 0.5) is 4.79 Å². The van der Waals surface area contributed by atoms with Gasteiger partial charge in [0.1, 0.15) is 13.2 Å². The van der Waals surface area contributed by atoms with E-state index in [-0.39, 0.29) is 18.5 Å². The third kappa shape index (κ3) is 2.99. The first-order valence-corrected chi connectivity index (χ1v) is 7.38. The molecule has 3 rings (SSSR count). The molecule has 0 unspecified atom stereocenters. The van der Waals surface area contributed by atoms with Gasteiger partial charge in [0.15, 0.2) is 0 Å². The van der Waals surface area contributed by atoms with Gasteiger partial charge in [0.2, 0.25) is 5.91 Å². The van der Waals surface area contributed by atoms with Gasteiger partial charge in [-0.05, 0) is 31.4 Å².